The smallest absolute Gasteiger partial charge is 0.265 e. The van der Waals surface area contributed by atoms with Crippen LogP contribution in [-0.2, 0) is 4.79 Å². The van der Waals surface area contributed by atoms with Crippen molar-refractivity contribution in [1.29, 1.82) is 0 Å². The van der Waals surface area contributed by atoms with Gasteiger partial charge in [0.2, 0.25) is 0 Å². The van der Waals surface area contributed by atoms with Crippen LogP contribution in [0.2, 0.25) is 0 Å². The molecule has 4 nitrogen and oxygen atoms in total. The Bertz CT molecular complexity index is 1170. The van der Waals surface area contributed by atoms with E-state index < -0.39 is 6.10 Å². The summed E-state index contributed by atoms with van der Waals surface area (Å²) < 4.78 is 5.80. The minimum Gasteiger partial charge on any atom is -0.481 e. The third-order valence-electron chi connectivity index (χ3n) is 5.20. The summed E-state index contributed by atoms with van der Waals surface area (Å²) in [7, 11) is 0. The van der Waals surface area contributed by atoms with E-state index in [-0.39, 0.29) is 5.91 Å². The Labute approximate surface area is 192 Å². The second-order valence-electron chi connectivity index (χ2n) is 7.95. The molecule has 0 saturated carbocycles. The molecule has 1 amide bonds. The molecule has 0 aliphatic rings. The summed E-state index contributed by atoms with van der Waals surface area (Å²) in [5.41, 5.74) is 5.01. The van der Waals surface area contributed by atoms with Crippen LogP contribution in [0.5, 0.6) is 5.75 Å². The van der Waals surface area contributed by atoms with Crippen LogP contribution in [0.15, 0.2) is 84.2 Å². The van der Waals surface area contributed by atoms with Crippen LogP contribution in [-0.4, -0.2) is 17.0 Å². The number of hydrogen-bond acceptors (Lipinski definition) is 4. The first-order valence-corrected chi connectivity index (χ1v) is 11.6. The zero-order valence-electron chi connectivity index (χ0n) is 18.4. The maximum absolute atomic E-state index is 12.6. The van der Waals surface area contributed by atoms with Crippen molar-refractivity contribution < 1.29 is 9.53 Å². The number of carbonyl (C=O) groups excluding carboxylic acids is 1. The summed E-state index contributed by atoms with van der Waals surface area (Å²) in [4.78, 5) is 17.3. The van der Waals surface area contributed by atoms with E-state index in [0.29, 0.717) is 11.7 Å². The van der Waals surface area contributed by atoms with E-state index in [4.69, 9.17) is 9.72 Å². The Morgan fingerprint density at radius 1 is 0.875 bits per heavy atom. The zero-order valence-corrected chi connectivity index (χ0v) is 19.2. The molecule has 32 heavy (non-hydrogen) atoms. The Morgan fingerprint density at radius 3 is 2.22 bits per heavy atom. The van der Waals surface area contributed by atoms with Crippen molar-refractivity contribution in [2.45, 2.75) is 32.8 Å². The monoisotopic (exact) mass is 442 g/mol. The fourth-order valence-electron chi connectivity index (χ4n) is 3.28. The average molecular weight is 443 g/mol. The number of benzene rings is 3. The molecule has 0 radical (unpaired) electrons. The Balaban J connectivity index is 1.37. The first-order chi connectivity index (χ1) is 15.5. The van der Waals surface area contributed by atoms with Gasteiger partial charge in [0.25, 0.3) is 5.91 Å². The van der Waals surface area contributed by atoms with E-state index in [1.807, 2.05) is 66.7 Å². The molecule has 0 aliphatic heterocycles. The van der Waals surface area contributed by atoms with Crippen molar-refractivity contribution in [3.63, 3.8) is 0 Å². The van der Waals surface area contributed by atoms with Crippen molar-refractivity contribution >= 4 is 22.9 Å². The minimum absolute atomic E-state index is 0.189. The predicted octanol–water partition coefficient (Wildman–Crippen LogP) is 7.01. The van der Waals surface area contributed by atoms with Gasteiger partial charge in [-0.1, -0.05) is 68.4 Å². The number of ether oxygens (including phenoxy) is 1. The summed E-state index contributed by atoms with van der Waals surface area (Å²) in [6, 6.07) is 25.7. The first-order valence-electron chi connectivity index (χ1n) is 10.7. The number of carbonyl (C=O) groups is 1. The highest BCUT2D eigenvalue weighted by Gasteiger charge is 2.15. The van der Waals surface area contributed by atoms with Crippen LogP contribution in [0.4, 0.5) is 5.69 Å². The Kier molecular flexibility index (Phi) is 6.66. The van der Waals surface area contributed by atoms with Gasteiger partial charge in [0.05, 0.1) is 5.69 Å². The summed E-state index contributed by atoms with van der Waals surface area (Å²) in [6.07, 6.45) is -0.605. The van der Waals surface area contributed by atoms with Gasteiger partial charge < -0.3 is 10.1 Å². The summed E-state index contributed by atoms with van der Waals surface area (Å²) in [5, 5.41) is 5.96. The predicted molar refractivity (Wildman–Crippen MR) is 132 cm³/mol. The normalized spacial score (nSPS) is 11.9. The van der Waals surface area contributed by atoms with E-state index in [2.05, 4.69) is 36.7 Å². The van der Waals surface area contributed by atoms with Crippen LogP contribution in [0.25, 0.3) is 21.8 Å². The van der Waals surface area contributed by atoms with Gasteiger partial charge in [-0.25, -0.2) is 4.98 Å². The minimum atomic E-state index is -0.605. The van der Waals surface area contributed by atoms with Crippen LogP contribution in [0, 0.1) is 0 Å². The van der Waals surface area contributed by atoms with E-state index in [1.54, 1.807) is 18.3 Å². The molecule has 162 valence electrons. The number of hydrogen-bond donors (Lipinski definition) is 1. The number of thiazole rings is 1. The number of anilines is 1. The molecule has 1 aromatic heterocycles. The van der Waals surface area contributed by atoms with Gasteiger partial charge in [0.1, 0.15) is 10.8 Å². The van der Waals surface area contributed by atoms with Crippen molar-refractivity contribution in [3.05, 3.63) is 89.8 Å². The lowest BCUT2D eigenvalue weighted by Gasteiger charge is -2.15. The third kappa shape index (κ3) is 5.24. The van der Waals surface area contributed by atoms with Gasteiger partial charge in [-0.05, 0) is 42.7 Å². The quantitative estimate of drug-likeness (QED) is 0.335. The van der Waals surface area contributed by atoms with Crippen molar-refractivity contribution in [2.24, 2.45) is 0 Å². The van der Waals surface area contributed by atoms with Crippen molar-refractivity contribution in [3.8, 4) is 27.6 Å². The topological polar surface area (TPSA) is 51.2 Å². The molecule has 4 rings (SSSR count). The molecule has 1 N–H and O–H groups in total. The lowest BCUT2D eigenvalue weighted by atomic mass is 10.0. The first kappa shape index (κ1) is 21.8. The molecule has 0 spiro atoms. The number of amides is 1. The number of nitrogens with zero attached hydrogens (tertiary/aromatic N) is 1. The van der Waals surface area contributed by atoms with Gasteiger partial charge in [0.15, 0.2) is 6.10 Å². The largest absolute Gasteiger partial charge is 0.481 e. The molecule has 4 aromatic rings. The van der Waals surface area contributed by atoms with Crippen LogP contribution in [0.3, 0.4) is 0 Å². The van der Waals surface area contributed by atoms with Crippen LogP contribution in [0.1, 0.15) is 32.3 Å². The van der Waals surface area contributed by atoms with Crippen LogP contribution < -0.4 is 10.1 Å². The maximum Gasteiger partial charge on any atom is 0.265 e. The molecule has 0 aliphatic carbocycles. The second kappa shape index (κ2) is 9.79. The molecular weight excluding hydrogens is 416 g/mol. The molecule has 1 unspecified atom stereocenters. The van der Waals surface area contributed by atoms with Gasteiger partial charge in [-0.3, -0.25) is 4.79 Å². The zero-order chi connectivity index (χ0) is 22.5. The van der Waals surface area contributed by atoms with E-state index in [0.717, 1.165) is 27.5 Å². The van der Waals surface area contributed by atoms with Gasteiger partial charge in [0, 0.05) is 22.2 Å². The highest BCUT2D eigenvalue weighted by molar-refractivity contribution is 7.13. The molecule has 5 heteroatoms. The standard InChI is InChI=1S/C27H26N2O2S/c1-18(2)20-11-15-24(16-12-20)31-19(3)26(30)28-23-13-9-21(10-14-23)25-17-32-27(29-25)22-7-5-4-6-8-22/h4-19H,1-3H3,(H,28,30). The molecule has 0 saturated heterocycles. The third-order valence-corrected chi connectivity index (χ3v) is 6.09. The molecule has 3 aromatic carbocycles. The summed E-state index contributed by atoms with van der Waals surface area (Å²) in [5.74, 6) is 0.956. The van der Waals surface area contributed by atoms with Crippen molar-refractivity contribution in [2.75, 3.05) is 5.32 Å². The number of aromatic nitrogens is 1. The van der Waals surface area contributed by atoms with E-state index in [9.17, 15) is 4.79 Å². The summed E-state index contributed by atoms with van der Waals surface area (Å²) >= 11 is 1.62. The fourth-order valence-corrected chi connectivity index (χ4v) is 4.11. The Hall–Kier alpha value is -3.44. The molecular formula is C27H26N2O2S. The summed E-state index contributed by atoms with van der Waals surface area (Å²) in [6.45, 7) is 6.04. The fraction of sp³-hybridized carbons (Fsp3) is 0.185. The molecule has 0 fully saturated rings. The molecule has 1 atom stereocenters. The van der Waals surface area contributed by atoms with Crippen LogP contribution >= 0.6 is 11.3 Å². The molecule has 1 heterocycles. The highest BCUT2D eigenvalue weighted by atomic mass is 32.1. The number of rotatable bonds is 7. The highest BCUT2D eigenvalue weighted by Crippen LogP contribution is 2.29. The van der Waals surface area contributed by atoms with E-state index in [1.165, 1.54) is 5.56 Å². The second-order valence-corrected chi connectivity index (χ2v) is 8.81. The van der Waals surface area contributed by atoms with Gasteiger partial charge >= 0.3 is 0 Å². The van der Waals surface area contributed by atoms with Crippen molar-refractivity contribution in [1.82, 2.24) is 4.98 Å². The Morgan fingerprint density at radius 2 is 1.56 bits per heavy atom. The maximum atomic E-state index is 12.6. The lowest BCUT2D eigenvalue weighted by Crippen LogP contribution is -2.30. The van der Waals surface area contributed by atoms with E-state index >= 15 is 0 Å². The SMILES string of the molecule is CC(Oc1ccc(C(C)C)cc1)C(=O)Nc1ccc(-c2csc(-c3ccccc3)n2)cc1. The van der Waals surface area contributed by atoms with Gasteiger partial charge in [-0.15, -0.1) is 11.3 Å². The average Bonchev–Trinajstić information content (AvgIpc) is 3.31. The lowest BCUT2D eigenvalue weighted by molar-refractivity contribution is -0.122. The number of nitrogens with one attached hydrogen (secondary N) is 1. The van der Waals surface area contributed by atoms with Gasteiger partial charge in [-0.2, -0.15) is 0 Å². The molecule has 0 bridgehead atoms.